The minimum atomic E-state index is -1.56. The maximum Gasteiger partial charge on any atom is 0.326 e. The maximum absolute atomic E-state index is 14.6. The Morgan fingerprint density at radius 1 is 0.470 bits per heavy atom. The normalized spacial score (nSPS) is 15.1. The number of fused-ring (bicyclic) bond motifs is 1. The van der Waals surface area contributed by atoms with Gasteiger partial charge in [-0.1, -0.05) is 98.6 Å². The molecule has 2 aromatic carbocycles. The van der Waals surface area contributed by atoms with Crippen LogP contribution in [0.25, 0.3) is 10.9 Å². The van der Waals surface area contributed by atoms with Gasteiger partial charge in [-0.15, -0.1) is 0 Å². The Hall–Kier alpha value is -10.3. The molecule has 650 valence electrons. The van der Waals surface area contributed by atoms with E-state index in [0.29, 0.717) is 79.1 Å². The highest BCUT2D eigenvalue weighted by Gasteiger charge is 2.38. The van der Waals surface area contributed by atoms with E-state index in [1.165, 1.54) is 37.7 Å². The molecule has 14 amide bonds. The number of hydrogen-bond acceptors (Lipinski definition) is 21. The molecule has 0 aliphatic rings. The molecule has 0 saturated carbocycles. The quantitative estimate of drug-likeness (QED) is 0.0314. The first-order valence-corrected chi connectivity index (χ1v) is 41.7. The van der Waals surface area contributed by atoms with Crippen LogP contribution in [0.2, 0.25) is 0 Å². The number of thioether (sulfide) groups is 1. The van der Waals surface area contributed by atoms with Crippen LogP contribution in [0.1, 0.15) is 182 Å². The van der Waals surface area contributed by atoms with Crippen LogP contribution < -0.4 is 97.8 Å². The van der Waals surface area contributed by atoms with E-state index in [2.05, 4.69) is 74.1 Å². The molecule has 0 spiro atoms. The Morgan fingerprint density at radius 2 is 0.889 bits per heavy atom. The Kier molecular flexibility index (Phi) is 45.8. The number of carbonyl (C=O) groups is 15. The molecule has 3 rings (SSSR count). The Bertz CT molecular complexity index is 3820. The van der Waals surface area contributed by atoms with Gasteiger partial charge in [0.1, 0.15) is 72.5 Å². The molecule has 0 unspecified atom stereocenters. The summed E-state index contributed by atoms with van der Waals surface area (Å²) in [5.41, 5.74) is 31.1. The number of nitrogens with one attached hydrogen (secondary N) is 14. The SMILES string of the molecule is CC[C@H](C)[C@H](N)C(=O)N[C@@H](CC(N)=O)C(=O)N[C@@H](Cc1c[nH]c2ccccc12)C(=O)N[C@@H](CCCCN)C(=O)NCC(=O)N[C@H](C(=O)N[C@@H](Cc1ccc(C#N)cc1)C(=O)N[C@@H](C)C(=O)N[C@@H](CCSC)C(=O)N[C@@H](C)C(=O)N[C@@H](CCCCN)C(=O)N[C@@H](CCCCN)C(=O)N[C@@H](CC(C)C)C(=O)N[C@@H](CC(C)C)C(=O)O)[C@@H](C)CC. The molecular formula is C80H128N20O16S. The third kappa shape index (κ3) is 36.0. The fourth-order valence-electron chi connectivity index (χ4n) is 12.5. The number of carboxylic acid groups (broad SMARTS) is 1. The standard InChI is InChI=1S/C80H128N20O16S/c1-12-46(7)66(86)78(113)97-62(40-64(85)101)77(112)96-61(39-52-42-87-54-23-15-14-22-53(52)54)76(111)93-55(24-16-19-32-81)70(105)88-43-65(102)100-67(47(8)13-2)79(114)98-60(38-50-27-29-51(41-84)30-28-50)74(109)90-49(10)69(104)92-58(31-35-117-11)71(106)89-48(9)68(103)91-56(25-17-20-33-82)72(107)94-57(26-18-21-34-83)73(108)95-59(36-44(3)4)75(110)99-63(80(115)116)37-45(5)6/h14-15,22-23,27-30,42,44-49,55-63,66-67,87H,12-13,16-21,24-26,31-40,43,81-83,86H2,1-11H3,(H2,85,101)(H,88,105)(H,89,106)(H,90,109)(H,91,103)(H,92,104)(H,93,111)(H,94,107)(H,95,108)(H,96,112)(H,97,113)(H,98,114)(H,99,110)(H,100,102)(H,115,116)/t46-,47-,48-,49-,55-,56-,57-,58-,59-,60-,61-,62-,63-,66-,67-/m0/s1. The van der Waals surface area contributed by atoms with Gasteiger partial charge in [-0.3, -0.25) is 67.1 Å². The molecule has 0 bridgehead atoms. The van der Waals surface area contributed by atoms with Gasteiger partial charge in [-0.25, -0.2) is 4.79 Å². The molecule has 1 aromatic heterocycles. The lowest BCUT2D eigenvalue weighted by atomic mass is 9.97. The molecule has 0 fully saturated rings. The van der Waals surface area contributed by atoms with E-state index >= 15 is 0 Å². The lowest BCUT2D eigenvalue weighted by molar-refractivity contribution is -0.143. The largest absolute Gasteiger partial charge is 0.480 e. The van der Waals surface area contributed by atoms with Crippen LogP contribution in [0.15, 0.2) is 54.7 Å². The van der Waals surface area contributed by atoms with Crippen molar-refractivity contribution in [2.45, 2.75) is 257 Å². The molecule has 0 saturated heterocycles. The Balaban J connectivity index is 1.87. The van der Waals surface area contributed by atoms with Crippen LogP contribution in [0.4, 0.5) is 0 Å². The molecule has 117 heavy (non-hydrogen) atoms. The van der Waals surface area contributed by atoms with E-state index in [1.807, 2.05) is 26.8 Å². The van der Waals surface area contributed by atoms with Crippen LogP contribution in [0.3, 0.4) is 0 Å². The molecule has 0 radical (unpaired) electrons. The number of aromatic amines is 1. The van der Waals surface area contributed by atoms with Crippen LogP contribution in [0, 0.1) is 35.0 Å². The van der Waals surface area contributed by atoms with Crippen molar-refractivity contribution in [1.82, 2.24) is 74.1 Å². The summed E-state index contributed by atoms with van der Waals surface area (Å²) in [4.78, 5) is 211. The smallest absolute Gasteiger partial charge is 0.326 e. The first-order chi connectivity index (χ1) is 55.4. The number of hydrogen-bond donors (Lipinski definition) is 20. The molecule has 36 nitrogen and oxygen atoms in total. The monoisotopic (exact) mass is 1660 g/mol. The third-order valence-electron chi connectivity index (χ3n) is 19.9. The zero-order valence-corrected chi connectivity index (χ0v) is 70.2. The molecule has 15 atom stereocenters. The first kappa shape index (κ1) is 101. The number of rotatable bonds is 56. The van der Waals surface area contributed by atoms with E-state index < -0.39 is 186 Å². The molecule has 37 heteroatoms. The predicted octanol–water partition coefficient (Wildman–Crippen LogP) is -0.590. The number of nitrogens with zero attached hydrogens (tertiary/aromatic N) is 1. The number of para-hydroxylation sites is 1. The number of nitriles is 1. The summed E-state index contributed by atoms with van der Waals surface area (Å²) in [6, 6.07) is -1.99. The summed E-state index contributed by atoms with van der Waals surface area (Å²) in [7, 11) is 0. The maximum atomic E-state index is 14.6. The zero-order chi connectivity index (χ0) is 87.6. The molecule has 3 aromatic rings. The summed E-state index contributed by atoms with van der Waals surface area (Å²) >= 11 is 1.34. The van der Waals surface area contributed by atoms with Gasteiger partial charge in [0.25, 0.3) is 0 Å². The van der Waals surface area contributed by atoms with E-state index in [-0.39, 0.29) is 94.3 Å². The molecule has 0 aliphatic carbocycles. The van der Waals surface area contributed by atoms with Crippen molar-refractivity contribution in [1.29, 1.82) is 5.26 Å². The van der Waals surface area contributed by atoms with E-state index in [9.17, 15) is 82.3 Å². The number of benzene rings is 2. The minimum absolute atomic E-state index is 0.00741. The second-order valence-electron chi connectivity index (χ2n) is 30.6. The van der Waals surface area contributed by atoms with Crippen LogP contribution >= 0.6 is 11.8 Å². The number of unbranched alkanes of at least 4 members (excludes halogenated alkanes) is 3. The van der Waals surface area contributed by atoms with Gasteiger partial charge < -0.3 is 108 Å². The number of aliphatic carboxylic acids is 1. The molecule has 25 N–H and O–H groups in total. The van der Waals surface area contributed by atoms with Crippen molar-refractivity contribution in [3.05, 3.63) is 71.4 Å². The highest BCUT2D eigenvalue weighted by molar-refractivity contribution is 7.98. The van der Waals surface area contributed by atoms with Gasteiger partial charge in [0, 0.05) is 29.9 Å². The molecule has 0 aliphatic heterocycles. The Labute approximate surface area is 689 Å². The summed E-state index contributed by atoms with van der Waals surface area (Å²) in [5.74, 6) is -13.8. The topological polar surface area (TPSA) is 602 Å². The summed E-state index contributed by atoms with van der Waals surface area (Å²) in [5, 5.41) is 54.4. The van der Waals surface area contributed by atoms with Gasteiger partial charge >= 0.3 is 5.97 Å². The second kappa shape index (κ2) is 53.1. The van der Waals surface area contributed by atoms with Gasteiger partial charge in [0.2, 0.25) is 82.7 Å². The number of primary amides is 1. The predicted molar refractivity (Wildman–Crippen MR) is 443 cm³/mol. The number of aromatic nitrogens is 1. The summed E-state index contributed by atoms with van der Waals surface area (Å²) in [6.45, 7) is 16.9. The van der Waals surface area contributed by atoms with Crippen molar-refractivity contribution in [2.75, 3.05) is 38.2 Å². The molecule has 1 heterocycles. The lowest BCUT2D eigenvalue weighted by Gasteiger charge is -2.28. The Morgan fingerprint density at radius 3 is 1.38 bits per heavy atom. The number of nitrogens with two attached hydrogens (primary N) is 5. The number of carbonyl (C=O) groups excluding carboxylic acids is 14. The fourth-order valence-corrected chi connectivity index (χ4v) is 12.9. The second-order valence-corrected chi connectivity index (χ2v) is 31.5. The lowest BCUT2D eigenvalue weighted by Crippen LogP contribution is -2.60. The van der Waals surface area contributed by atoms with E-state index in [0.717, 1.165) is 0 Å². The van der Waals surface area contributed by atoms with Crippen molar-refractivity contribution < 1.29 is 77.0 Å². The van der Waals surface area contributed by atoms with E-state index in [1.54, 1.807) is 83.5 Å². The zero-order valence-electron chi connectivity index (χ0n) is 69.4. The highest BCUT2D eigenvalue weighted by atomic mass is 32.2. The van der Waals surface area contributed by atoms with Gasteiger partial charge in [-0.2, -0.15) is 17.0 Å². The van der Waals surface area contributed by atoms with Crippen molar-refractivity contribution in [3.63, 3.8) is 0 Å². The van der Waals surface area contributed by atoms with Crippen LogP contribution in [-0.2, 0) is 84.8 Å². The fraction of sp³-hybridized carbons (Fsp3) is 0.625. The van der Waals surface area contributed by atoms with Crippen molar-refractivity contribution in [2.24, 2.45) is 52.3 Å². The molecular weight excluding hydrogens is 1530 g/mol. The average molecular weight is 1660 g/mol. The highest BCUT2D eigenvalue weighted by Crippen LogP contribution is 2.21. The van der Waals surface area contributed by atoms with Gasteiger partial charge in [-0.05, 0) is 176 Å². The van der Waals surface area contributed by atoms with Gasteiger partial charge in [0.05, 0.1) is 30.6 Å². The third-order valence-corrected chi connectivity index (χ3v) is 20.5. The minimum Gasteiger partial charge on any atom is -0.480 e. The van der Waals surface area contributed by atoms with Crippen molar-refractivity contribution in [3.8, 4) is 6.07 Å². The number of amides is 14. The number of carboxylic acids is 1. The summed E-state index contributed by atoms with van der Waals surface area (Å²) in [6.07, 6.45) is 5.92. The van der Waals surface area contributed by atoms with Crippen LogP contribution in [0.5, 0.6) is 0 Å². The number of H-pyrrole nitrogens is 1. The van der Waals surface area contributed by atoms with E-state index in [4.69, 9.17) is 28.7 Å². The van der Waals surface area contributed by atoms with Crippen LogP contribution in [-0.4, -0.2) is 215 Å². The van der Waals surface area contributed by atoms with Gasteiger partial charge in [0.15, 0.2) is 0 Å². The summed E-state index contributed by atoms with van der Waals surface area (Å²) < 4.78 is 0. The average Bonchev–Trinajstić information content (AvgIpc) is 1.72. The van der Waals surface area contributed by atoms with Crippen molar-refractivity contribution >= 4 is 111 Å². The first-order valence-electron chi connectivity index (χ1n) is 40.3.